The highest BCUT2D eigenvalue weighted by molar-refractivity contribution is 6.30. The van der Waals surface area contributed by atoms with Gasteiger partial charge in [0.25, 0.3) is 0 Å². The van der Waals surface area contributed by atoms with Crippen LogP contribution in [0.25, 0.3) is 0 Å². The lowest BCUT2D eigenvalue weighted by molar-refractivity contribution is 0.150. The van der Waals surface area contributed by atoms with Crippen molar-refractivity contribution in [3.05, 3.63) is 23.4 Å². The van der Waals surface area contributed by atoms with Crippen molar-refractivity contribution in [3.63, 3.8) is 0 Å². The summed E-state index contributed by atoms with van der Waals surface area (Å²) >= 11 is 5.81. The second kappa shape index (κ2) is 5.23. The van der Waals surface area contributed by atoms with E-state index in [1.54, 1.807) is 6.20 Å². The van der Waals surface area contributed by atoms with Crippen molar-refractivity contribution >= 4 is 17.4 Å². The van der Waals surface area contributed by atoms with Gasteiger partial charge in [0.15, 0.2) is 0 Å². The van der Waals surface area contributed by atoms with Crippen LogP contribution in [0.5, 0.6) is 0 Å². The number of nitrogens with one attached hydrogen (secondary N) is 1. The van der Waals surface area contributed by atoms with Gasteiger partial charge in [-0.2, -0.15) is 0 Å². The van der Waals surface area contributed by atoms with E-state index in [9.17, 15) is 0 Å². The van der Waals surface area contributed by atoms with Crippen LogP contribution in [0.4, 0.5) is 5.82 Å². The van der Waals surface area contributed by atoms with Gasteiger partial charge in [-0.25, -0.2) is 4.98 Å². The Hall–Kier alpha value is -0.800. The molecule has 0 spiro atoms. The van der Waals surface area contributed by atoms with Crippen molar-refractivity contribution in [2.24, 2.45) is 5.41 Å². The second-order valence-corrected chi connectivity index (χ2v) is 5.77. The fourth-order valence-electron chi connectivity index (χ4n) is 2.12. The molecule has 94 valence electrons. The van der Waals surface area contributed by atoms with Gasteiger partial charge in [0.05, 0.1) is 5.02 Å². The molecule has 3 nitrogen and oxygen atoms in total. The Labute approximate surface area is 108 Å². The van der Waals surface area contributed by atoms with E-state index >= 15 is 0 Å². The molecule has 0 atom stereocenters. The molecule has 0 unspecified atom stereocenters. The van der Waals surface area contributed by atoms with Crippen LogP contribution < -0.4 is 5.32 Å². The molecule has 0 saturated carbocycles. The van der Waals surface area contributed by atoms with E-state index in [0.29, 0.717) is 10.4 Å². The zero-order valence-electron chi connectivity index (χ0n) is 10.5. The molecule has 0 amide bonds. The number of likely N-dealkylation sites (tertiary alicyclic amines) is 1. The Balaban J connectivity index is 1.87. The maximum absolute atomic E-state index is 5.81. The molecule has 1 aliphatic heterocycles. The summed E-state index contributed by atoms with van der Waals surface area (Å²) in [6, 6.07) is 3.80. The largest absolute Gasteiger partial charge is 0.370 e. The summed E-state index contributed by atoms with van der Waals surface area (Å²) in [6.45, 7) is 5.71. The van der Waals surface area contributed by atoms with Gasteiger partial charge in [-0.1, -0.05) is 18.5 Å². The normalized spacial score (nSPS) is 20.2. The van der Waals surface area contributed by atoms with Crippen LogP contribution in [0.15, 0.2) is 18.3 Å². The number of rotatable bonds is 3. The van der Waals surface area contributed by atoms with Crippen LogP contribution >= 0.6 is 11.6 Å². The SMILES string of the molecule is CN1CCC(C)(CNc2ccc(Cl)cn2)CC1. The van der Waals surface area contributed by atoms with Crippen molar-refractivity contribution < 1.29 is 0 Å². The monoisotopic (exact) mass is 253 g/mol. The second-order valence-electron chi connectivity index (χ2n) is 5.33. The van der Waals surface area contributed by atoms with Crippen molar-refractivity contribution in [1.82, 2.24) is 9.88 Å². The third kappa shape index (κ3) is 3.58. The van der Waals surface area contributed by atoms with Crippen LogP contribution in [0.2, 0.25) is 5.02 Å². The lowest BCUT2D eigenvalue weighted by atomic mass is 9.80. The zero-order valence-corrected chi connectivity index (χ0v) is 11.3. The highest BCUT2D eigenvalue weighted by Crippen LogP contribution is 2.30. The molecule has 0 bridgehead atoms. The number of pyridine rings is 1. The Morgan fingerprint density at radius 1 is 1.41 bits per heavy atom. The van der Waals surface area contributed by atoms with Crippen LogP contribution in [0.1, 0.15) is 19.8 Å². The predicted octanol–water partition coefficient (Wildman–Crippen LogP) is 2.88. The summed E-state index contributed by atoms with van der Waals surface area (Å²) in [4.78, 5) is 6.65. The highest BCUT2D eigenvalue weighted by Gasteiger charge is 2.28. The Morgan fingerprint density at radius 2 is 2.12 bits per heavy atom. The Morgan fingerprint density at radius 3 is 2.71 bits per heavy atom. The molecule has 1 aliphatic rings. The first-order chi connectivity index (χ1) is 8.07. The van der Waals surface area contributed by atoms with Crippen LogP contribution in [-0.2, 0) is 0 Å². The maximum Gasteiger partial charge on any atom is 0.126 e. The van der Waals surface area contributed by atoms with E-state index in [1.165, 1.54) is 25.9 Å². The van der Waals surface area contributed by atoms with Crippen molar-refractivity contribution in [2.75, 3.05) is 32.0 Å². The third-order valence-electron chi connectivity index (χ3n) is 3.62. The van der Waals surface area contributed by atoms with E-state index in [0.717, 1.165) is 12.4 Å². The van der Waals surface area contributed by atoms with Crippen LogP contribution in [-0.4, -0.2) is 36.6 Å². The maximum atomic E-state index is 5.81. The quantitative estimate of drug-likeness (QED) is 0.898. The van der Waals surface area contributed by atoms with Gasteiger partial charge in [0.2, 0.25) is 0 Å². The minimum Gasteiger partial charge on any atom is -0.370 e. The molecule has 1 fully saturated rings. The lowest BCUT2D eigenvalue weighted by Crippen LogP contribution is -2.40. The first-order valence-electron chi connectivity index (χ1n) is 6.11. The Kier molecular flexibility index (Phi) is 3.89. The summed E-state index contributed by atoms with van der Waals surface area (Å²) in [5.41, 5.74) is 0.383. The highest BCUT2D eigenvalue weighted by atomic mass is 35.5. The van der Waals surface area contributed by atoms with Crippen molar-refractivity contribution in [1.29, 1.82) is 0 Å². The van der Waals surface area contributed by atoms with Gasteiger partial charge in [-0.3, -0.25) is 0 Å². The van der Waals surface area contributed by atoms with E-state index in [-0.39, 0.29) is 0 Å². The Bertz CT molecular complexity index is 355. The number of hydrogen-bond acceptors (Lipinski definition) is 3. The standard InChI is InChI=1S/C13H20ClN3/c1-13(5-7-17(2)8-6-13)10-16-12-4-3-11(14)9-15-12/h3-4,9H,5-8,10H2,1-2H3,(H,15,16). The number of anilines is 1. The molecule has 1 aromatic heterocycles. The lowest BCUT2D eigenvalue weighted by Gasteiger charge is -2.38. The fourth-order valence-corrected chi connectivity index (χ4v) is 2.23. The first kappa shape index (κ1) is 12.7. The summed E-state index contributed by atoms with van der Waals surface area (Å²) in [5, 5.41) is 4.09. The van der Waals surface area contributed by atoms with Crippen molar-refractivity contribution in [2.45, 2.75) is 19.8 Å². The van der Waals surface area contributed by atoms with Crippen LogP contribution in [0.3, 0.4) is 0 Å². The summed E-state index contributed by atoms with van der Waals surface area (Å²) in [6.07, 6.45) is 4.16. The minimum atomic E-state index is 0.383. The smallest absolute Gasteiger partial charge is 0.126 e. The van der Waals surface area contributed by atoms with Gasteiger partial charge in [0, 0.05) is 12.7 Å². The molecule has 17 heavy (non-hydrogen) atoms. The summed E-state index contributed by atoms with van der Waals surface area (Å²) < 4.78 is 0. The number of halogens is 1. The van der Waals surface area contributed by atoms with E-state index in [2.05, 4.69) is 29.2 Å². The number of piperidine rings is 1. The van der Waals surface area contributed by atoms with Gasteiger partial charge >= 0.3 is 0 Å². The molecule has 2 rings (SSSR count). The van der Waals surface area contributed by atoms with Gasteiger partial charge < -0.3 is 10.2 Å². The molecule has 0 aromatic carbocycles. The first-order valence-corrected chi connectivity index (χ1v) is 6.49. The van der Waals surface area contributed by atoms with Crippen LogP contribution in [0, 0.1) is 5.41 Å². The fraction of sp³-hybridized carbons (Fsp3) is 0.615. The van der Waals surface area contributed by atoms with E-state index in [1.807, 2.05) is 12.1 Å². The summed E-state index contributed by atoms with van der Waals surface area (Å²) in [7, 11) is 2.19. The average Bonchev–Trinajstić information content (AvgIpc) is 2.33. The molecular weight excluding hydrogens is 234 g/mol. The van der Waals surface area contributed by atoms with Gasteiger partial charge in [-0.15, -0.1) is 0 Å². The van der Waals surface area contributed by atoms with Gasteiger partial charge in [0.1, 0.15) is 5.82 Å². The molecule has 1 N–H and O–H groups in total. The van der Waals surface area contributed by atoms with E-state index in [4.69, 9.17) is 11.6 Å². The number of hydrogen-bond donors (Lipinski definition) is 1. The molecule has 0 radical (unpaired) electrons. The number of aromatic nitrogens is 1. The minimum absolute atomic E-state index is 0.383. The average molecular weight is 254 g/mol. The molecule has 4 heteroatoms. The van der Waals surface area contributed by atoms with E-state index < -0.39 is 0 Å². The van der Waals surface area contributed by atoms with Gasteiger partial charge in [-0.05, 0) is 50.5 Å². The molecular formula is C13H20ClN3. The van der Waals surface area contributed by atoms with Crippen molar-refractivity contribution in [3.8, 4) is 0 Å². The third-order valence-corrected chi connectivity index (χ3v) is 3.84. The zero-order chi connectivity index (χ0) is 12.3. The molecule has 1 aromatic rings. The summed E-state index contributed by atoms with van der Waals surface area (Å²) in [5.74, 6) is 0.912. The molecule has 0 aliphatic carbocycles. The topological polar surface area (TPSA) is 28.2 Å². The predicted molar refractivity (Wildman–Crippen MR) is 72.6 cm³/mol. The number of nitrogens with zero attached hydrogens (tertiary/aromatic N) is 2. The molecule has 2 heterocycles. The molecule has 1 saturated heterocycles.